The summed E-state index contributed by atoms with van der Waals surface area (Å²) in [4.78, 5) is 31.3. The Balaban J connectivity index is 1.42. The second kappa shape index (κ2) is 11.5. The van der Waals surface area contributed by atoms with E-state index in [-0.39, 0.29) is 35.9 Å². The third-order valence-electron chi connectivity index (χ3n) is 8.30. The summed E-state index contributed by atoms with van der Waals surface area (Å²) >= 11 is 0. The molecule has 1 aliphatic carbocycles. The van der Waals surface area contributed by atoms with E-state index in [2.05, 4.69) is 50.8 Å². The number of fused-ring (bicyclic) bond motifs is 1. The zero-order valence-electron chi connectivity index (χ0n) is 20.5. The third kappa shape index (κ3) is 5.96. The summed E-state index contributed by atoms with van der Waals surface area (Å²) in [5.74, 6) is 0.957. The predicted octanol–water partition coefficient (Wildman–Crippen LogP) is 2.82. The van der Waals surface area contributed by atoms with Crippen molar-refractivity contribution in [1.29, 1.82) is 0 Å². The first-order valence-electron chi connectivity index (χ1n) is 13.1. The van der Waals surface area contributed by atoms with Gasteiger partial charge in [-0.15, -0.1) is 0 Å². The van der Waals surface area contributed by atoms with Crippen LogP contribution in [0.25, 0.3) is 0 Å². The Morgan fingerprint density at radius 3 is 2.48 bits per heavy atom. The quantitative estimate of drug-likeness (QED) is 0.634. The molecule has 1 saturated carbocycles. The molecule has 4 rings (SSSR count). The number of piperidine rings is 1. The van der Waals surface area contributed by atoms with Crippen molar-refractivity contribution in [3.63, 3.8) is 0 Å². The number of amides is 2. The molecular formula is C27H42N4O2. The van der Waals surface area contributed by atoms with Gasteiger partial charge >= 0.3 is 0 Å². The summed E-state index contributed by atoms with van der Waals surface area (Å²) in [6.07, 6.45) is 8.95. The van der Waals surface area contributed by atoms with Crippen LogP contribution in [0.1, 0.15) is 57.4 Å². The van der Waals surface area contributed by atoms with Crippen molar-refractivity contribution in [1.82, 2.24) is 20.4 Å². The zero-order valence-corrected chi connectivity index (χ0v) is 20.5. The van der Waals surface area contributed by atoms with Gasteiger partial charge in [-0.1, -0.05) is 49.6 Å². The van der Waals surface area contributed by atoms with Gasteiger partial charge in [-0.25, -0.2) is 0 Å². The van der Waals surface area contributed by atoms with Crippen LogP contribution >= 0.6 is 0 Å². The number of carbonyl (C=O) groups is 2. The van der Waals surface area contributed by atoms with E-state index >= 15 is 0 Å². The first-order chi connectivity index (χ1) is 16.1. The van der Waals surface area contributed by atoms with E-state index in [1.807, 2.05) is 6.92 Å². The fraction of sp³-hybridized carbons (Fsp3) is 0.704. The van der Waals surface area contributed by atoms with Crippen molar-refractivity contribution in [2.45, 2.75) is 76.4 Å². The normalized spacial score (nSPS) is 25.9. The molecule has 3 aliphatic rings. The molecule has 33 heavy (non-hydrogen) atoms. The Bertz CT molecular complexity index is 780. The number of hydrogen-bond acceptors (Lipinski definition) is 4. The van der Waals surface area contributed by atoms with Crippen LogP contribution in [-0.4, -0.2) is 73.0 Å². The highest BCUT2D eigenvalue weighted by Gasteiger charge is 2.44. The lowest BCUT2D eigenvalue weighted by atomic mass is 9.83. The highest BCUT2D eigenvalue weighted by atomic mass is 16.2. The van der Waals surface area contributed by atoms with E-state index < -0.39 is 0 Å². The molecular weight excluding hydrogens is 412 g/mol. The molecule has 0 radical (unpaired) electrons. The minimum absolute atomic E-state index is 0.0645. The Labute approximate surface area is 199 Å². The van der Waals surface area contributed by atoms with Crippen molar-refractivity contribution >= 4 is 11.8 Å². The fourth-order valence-electron chi connectivity index (χ4n) is 6.05. The van der Waals surface area contributed by atoms with Crippen LogP contribution in [0.15, 0.2) is 30.3 Å². The van der Waals surface area contributed by atoms with E-state index in [1.165, 1.54) is 18.4 Å². The van der Waals surface area contributed by atoms with Crippen molar-refractivity contribution in [3.8, 4) is 0 Å². The van der Waals surface area contributed by atoms with Crippen LogP contribution in [-0.2, 0) is 16.0 Å². The van der Waals surface area contributed by atoms with Crippen molar-refractivity contribution in [2.75, 3.05) is 33.2 Å². The van der Waals surface area contributed by atoms with Crippen LogP contribution < -0.4 is 10.6 Å². The van der Waals surface area contributed by atoms with Gasteiger partial charge in [0.1, 0.15) is 6.04 Å². The van der Waals surface area contributed by atoms with Crippen LogP contribution in [0.3, 0.4) is 0 Å². The lowest BCUT2D eigenvalue weighted by Gasteiger charge is -2.41. The molecule has 0 spiro atoms. The molecule has 0 aromatic heterocycles. The maximum Gasteiger partial charge on any atom is 0.245 e. The van der Waals surface area contributed by atoms with Gasteiger partial charge in [0.2, 0.25) is 11.8 Å². The van der Waals surface area contributed by atoms with Crippen LogP contribution in [0.4, 0.5) is 0 Å². The van der Waals surface area contributed by atoms with Crippen molar-refractivity contribution in [3.05, 3.63) is 35.9 Å². The lowest BCUT2D eigenvalue weighted by Crippen LogP contribution is -2.58. The number of nitrogens with one attached hydrogen (secondary N) is 2. The summed E-state index contributed by atoms with van der Waals surface area (Å²) < 4.78 is 0. The lowest BCUT2D eigenvalue weighted by molar-refractivity contribution is -0.140. The molecule has 2 aliphatic heterocycles. The van der Waals surface area contributed by atoms with E-state index in [0.29, 0.717) is 5.92 Å². The summed E-state index contributed by atoms with van der Waals surface area (Å²) in [7, 11) is 1.79. The van der Waals surface area contributed by atoms with Gasteiger partial charge in [0.05, 0.1) is 6.04 Å². The molecule has 1 aromatic carbocycles. The van der Waals surface area contributed by atoms with E-state index in [0.717, 1.165) is 64.7 Å². The van der Waals surface area contributed by atoms with Gasteiger partial charge in [0.15, 0.2) is 0 Å². The Morgan fingerprint density at radius 2 is 1.76 bits per heavy atom. The minimum Gasteiger partial charge on any atom is -0.343 e. The Morgan fingerprint density at radius 1 is 1.03 bits per heavy atom. The maximum absolute atomic E-state index is 13.9. The smallest absolute Gasteiger partial charge is 0.245 e. The maximum atomic E-state index is 13.9. The molecule has 2 N–H and O–H groups in total. The number of likely N-dealkylation sites (tertiary alicyclic amines) is 2. The summed E-state index contributed by atoms with van der Waals surface area (Å²) in [6, 6.07) is 10.3. The van der Waals surface area contributed by atoms with Gasteiger partial charge in [-0.2, -0.15) is 0 Å². The van der Waals surface area contributed by atoms with Gasteiger partial charge in [-0.3, -0.25) is 9.59 Å². The van der Waals surface area contributed by atoms with Crippen molar-refractivity contribution in [2.24, 2.45) is 11.8 Å². The zero-order chi connectivity index (χ0) is 23.2. The topological polar surface area (TPSA) is 64.7 Å². The highest BCUT2D eigenvalue weighted by Crippen LogP contribution is 2.34. The number of rotatable bonds is 8. The molecule has 6 nitrogen and oxygen atoms in total. The molecule has 6 heteroatoms. The van der Waals surface area contributed by atoms with Gasteiger partial charge < -0.3 is 20.4 Å². The second-order valence-electron chi connectivity index (χ2n) is 10.4. The summed E-state index contributed by atoms with van der Waals surface area (Å²) in [6.45, 7) is 5.81. The van der Waals surface area contributed by atoms with Gasteiger partial charge in [0.25, 0.3) is 0 Å². The highest BCUT2D eigenvalue weighted by molar-refractivity contribution is 5.90. The van der Waals surface area contributed by atoms with Gasteiger partial charge in [-0.05, 0) is 70.0 Å². The molecule has 3 fully saturated rings. The molecule has 182 valence electrons. The van der Waals surface area contributed by atoms with E-state index in [1.54, 1.807) is 7.05 Å². The monoisotopic (exact) mass is 454 g/mol. The summed E-state index contributed by atoms with van der Waals surface area (Å²) in [5.41, 5.74) is 1.37. The number of hydrogen-bond donors (Lipinski definition) is 2. The van der Waals surface area contributed by atoms with Crippen LogP contribution in [0.5, 0.6) is 0 Å². The molecule has 2 amide bonds. The van der Waals surface area contributed by atoms with E-state index in [9.17, 15) is 9.59 Å². The Kier molecular flexibility index (Phi) is 8.42. The van der Waals surface area contributed by atoms with Crippen molar-refractivity contribution < 1.29 is 9.59 Å². The molecule has 4 atom stereocenters. The van der Waals surface area contributed by atoms with Crippen LogP contribution in [0.2, 0.25) is 0 Å². The van der Waals surface area contributed by atoms with Crippen LogP contribution in [0, 0.1) is 11.8 Å². The van der Waals surface area contributed by atoms with Gasteiger partial charge in [0, 0.05) is 25.7 Å². The predicted molar refractivity (Wildman–Crippen MR) is 132 cm³/mol. The van der Waals surface area contributed by atoms with E-state index in [4.69, 9.17) is 0 Å². The first kappa shape index (κ1) is 24.2. The summed E-state index contributed by atoms with van der Waals surface area (Å²) in [5, 5.41) is 6.18. The fourth-order valence-corrected chi connectivity index (χ4v) is 6.05. The Hall–Kier alpha value is -1.92. The standard InChI is InChI=1S/C27H42N4O2/c1-20(28-2)26(32)29-25(23-11-7-4-8-12-23)27(33)31-18-15-22-14-17-30(19-24(22)31)16-13-21-9-5-3-6-10-21/h3,5-6,9-10,20,22-25,28H,4,7-8,11-19H2,1-2H3,(H,29,32)/t20?,22-,24-,25+/m1/s1. The molecule has 1 aromatic rings. The second-order valence-corrected chi connectivity index (χ2v) is 10.4. The average Bonchev–Trinajstić information content (AvgIpc) is 3.29. The molecule has 2 saturated heterocycles. The SMILES string of the molecule is CNC(C)C(=O)N[C@H](C(=O)N1CC[C@H]2CCN(CCc3ccccc3)C[C@H]21)C1CCCCC1. The molecule has 2 heterocycles. The average molecular weight is 455 g/mol. The number of likely N-dealkylation sites (N-methyl/N-ethyl adjacent to an activating group) is 1. The minimum atomic E-state index is -0.382. The number of nitrogens with zero attached hydrogens (tertiary/aromatic N) is 2. The molecule has 0 bridgehead atoms. The largest absolute Gasteiger partial charge is 0.343 e. The first-order valence-corrected chi connectivity index (χ1v) is 13.1. The molecule has 1 unspecified atom stereocenters. The number of carbonyl (C=O) groups excluding carboxylic acids is 2. The third-order valence-corrected chi connectivity index (χ3v) is 8.30. The number of benzene rings is 1.